The van der Waals surface area contributed by atoms with Crippen LogP contribution in [0.3, 0.4) is 0 Å². The minimum atomic E-state index is -2.60. The zero-order valence-corrected chi connectivity index (χ0v) is 25.2. The first-order valence-electron chi connectivity index (χ1n) is 14.2. The third-order valence-corrected chi connectivity index (χ3v) is 8.89. The number of carbonyl (C=O) groups is 1. The van der Waals surface area contributed by atoms with Crippen LogP contribution < -0.4 is 0 Å². The molecule has 0 spiro atoms. The molecule has 0 fully saturated rings. The Hall–Kier alpha value is -5.40. The van der Waals surface area contributed by atoms with Crippen LogP contribution >= 0.6 is 11.9 Å². The van der Waals surface area contributed by atoms with Gasteiger partial charge in [-0.1, -0.05) is 48.5 Å². The van der Waals surface area contributed by atoms with Crippen LogP contribution in [0, 0.1) is 22.1 Å². The molecule has 1 amide bonds. The summed E-state index contributed by atoms with van der Waals surface area (Å²) in [6, 6.07) is 27.4. The Morgan fingerprint density at radius 2 is 1.74 bits per heavy atom. The number of hydrogen-bond acceptors (Lipinski definition) is 5. The molecule has 1 aromatic heterocycles. The summed E-state index contributed by atoms with van der Waals surface area (Å²) in [6.07, 6.45) is -0.347. The summed E-state index contributed by atoms with van der Waals surface area (Å²) in [4.78, 5) is 23.5. The molecule has 46 heavy (non-hydrogen) atoms. The number of benzene rings is 4. The fourth-order valence-corrected chi connectivity index (χ4v) is 6.71. The molecule has 5 aromatic rings. The summed E-state index contributed by atoms with van der Waals surface area (Å²) in [7, 11) is 1.48. The summed E-state index contributed by atoms with van der Waals surface area (Å²) < 4.78 is 49.1. The maximum absolute atomic E-state index is 14.9. The molecule has 1 heterocycles. The lowest BCUT2D eigenvalue weighted by atomic mass is 9.89. The number of alkyl halides is 2. The van der Waals surface area contributed by atoms with Crippen molar-refractivity contribution in [3.8, 4) is 28.5 Å². The van der Waals surface area contributed by atoms with Crippen LogP contribution in [0.1, 0.15) is 36.0 Å². The topological polar surface area (TPSA) is 84.4 Å². The van der Waals surface area contributed by atoms with Gasteiger partial charge in [-0.2, -0.15) is 5.26 Å². The first kappa shape index (κ1) is 30.6. The number of carbonyl (C=O) groups excluding carboxylic acids is 1. The van der Waals surface area contributed by atoms with Crippen LogP contribution in [-0.4, -0.2) is 17.0 Å². The van der Waals surface area contributed by atoms with E-state index in [1.165, 1.54) is 49.4 Å². The predicted molar refractivity (Wildman–Crippen MR) is 172 cm³/mol. The van der Waals surface area contributed by atoms with Crippen LogP contribution in [0.15, 0.2) is 118 Å². The molecule has 228 valence electrons. The standard InChI is InChI=1S/C36H24F3N3O3S/c1-45-32-18-24(36(43)41-44)11-15-28(32)22-6-4-7-23(17-22)34-33(29-8-3-2-5-25(29)20-40)30-19-26(37)12-16-31(30)42(34)46-27-13-9-21(10-14-27)35(38)39/h2-10,12-14,16-19,35H,11,15H2,1H3. The normalized spacial score (nSPS) is 13.1. The fourth-order valence-electron chi connectivity index (χ4n) is 5.69. The van der Waals surface area contributed by atoms with Crippen molar-refractivity contribution in [1.29, 1.82) is 5.26 Å². The monoisotopic (exact) mass is 635 g/mol. The first-order valence-corrected chi connectivity index (χ1v) is 15.0. The Bertz CT molecular complexity index is 2110. The van der Waals surface area contributed by atoms with E-state index in [2.05, 4.69) is 11.2 Å². The number of halogens is 3. The minimum Gasteiger partial charge on any atom is -0.496 e. The van der Waals surface area contributed by atoms with Crippen LogP contribution in [0.25, 0.3) is 38.9 Å². The third kappa shape index (κ3) is 5.73. The van der Waals surface area contributed by atoms with Gasteiger partial charge in [0, 0.05) is 48.9 Å². The van der Waals surface area contributed by atoms with Crippen LogP contribution in [0.5, 0.6) is 0 Å². The number of allylic oxidation sites excluding steroid dienone is 2. The number of ether oxygens (including phenoxy) is 1. The Morgan fingerprint density at radius 1 is 0.978 bits per heavy atom. The van der Waals surface area contributed by atoms with Crippen molar-refractivity contribution in [2.45, 2.75) is 24.2 Å². The average molecular weight is 636 g/mol. The van der Waals surface area contributed by atoms with E-state index in [0.29, 0.717) is 56.8 Å². The number of nitriles is 1. The van der Waals surface area contributed by atoms with E-state index >= 15 is 0 Å². The van der Waals surface area contributed by atoms with Gasteiger partial charge >= 0.3 is 5.91 Å². The van der Waals surface area contributed by atoms with Gasteiger partial charge in [0.1, 0.15) is 11.6 Å². The SMILES string of the molecule is COC1=C(c2cccc(-c3c(-c4ccccc4C#N)c4cc(F)ccc4n3Sc3ccc(C(F)F)cc3)c2)CCC(C(=O)N=O)=C1. The number of rotatable bonds is 8. The fraction of sp³-hybridized carbons (Fsp3) is 0.111. The zero-order chi connectivity index (χ0) is 32.4. The van der Waals surface area contributed by atoms with Gasteiger partial charge in [0.25, 0.3) is 6.43 Å². The highest BCUT2D eigenvalue weighted by molar-refractivity contribution is 7.98. The second kappa shape index (κ2) is 12.9. The summed E-state index contributed by atoms with van der Waals surface area (Å²) >= 11 is 1.29. The Kier molecular flexibility index (Phi) is 8.59. The number of methoxy groups -OCH3 is 1. The molecule has 1 aliphatic carbocycles. The van der Waals surface area contributed by atoms with E-state index in [-0.39, 0.29) is 11.1 Å². The minimum absolute atomic E-state index is 0.0992. The molecule has 0 bridgehead atoms. The largest absolute Gasteiger partial charge is 0.496 e. The molecule has 6 rings (SSSR count). The van der Waals surface area contributed by atoms with Crippen LogP contribution in [0.2, 0.25) is 0 Å². The average Bonchev–Trinajstić information content (AvgIpc) is 3.40. The van der Waals surface area contributed by atoms with Gasteiger partial charge in [-0.05, 0) is 78.9 Å². The van der Waals surface area contributed by atoms with Crippen molar-refractivity contribution in [3.63, 3.8) is 0 Å². The molecule has 4 aromatic carbocycles. The lowest BCUT2D eigenvalue weighted by Gasteiger charge is -2.19. The van der Waals surface area contributed by atoms with Crippen molar-refractivity contribution in [3.05, 3.63) is 136 Å². The van der Waals surface area contributed by atoms with E-state index < -0.39 is 18.1 Å². The quantitative estimate of drug-likeness (QED) is 0.159. The predicted octanol–water partition coefficient (Wildman–Crippen LogP) is 9.85. The van der Waals surface area contributed by atoms with Gasteiger partial charge in [-0.15, -0.1) is 4.91 Å². The molecule has 0 saturated carbocycles. The Balaban J connectivity index is 1.62. The molecule has 0 aliphatic heterocycles. The summed E-state index contributed by atoms with van der Waals surface area (Å²) in [6.45, 7) is 0. The number of nitrogens with zero attached hydrogens (tertiary/aromatic N) is 3. The van der Waals surface area contributed by atoms with E-state index in [9.17, 15) is 28.1 Å². The molecule has 1 aliphatic rings. The molecule has 0 unspecified atom stereocenters. The molecule has 0 atom stereocenters. The smallest absolute Gasteiger partial charge is 0.312 e. The lowest BCUT2D eigenvalue weighted by Crippen LogP contribution is -2.07. The van der Waals surface area contributed by atoms with E-state index in [4.69, 9.17) is 4.74 Å². The number of hydrogen-bond donors (Lipinski definition) is 0. The van der Waals surface area contributed by atoms with Crippen molar-refractivity contribution in [1.82, 2.24) is 3.97 Å². The number of amides is 1. The van der Waals surface area contributed by atoms with Crippen molar-refractivity contribution < 1.29 is 22.7 Å². The van der Waals surface area contributed by atoms with Gasteiger partial charge < -0.3 is 4.74 Å². The maximum atomic E-state index is 14.9. The highest BCUT2D eigenvalue weighted by Crippen LogP contribution is 2.46. The Labute approximate surface area is 266 Å². The van der Waals surface area contributed by atoms with Gasteiger partial charge in [0.15, 0.2) is 0 Å². The summed E-state index contributed by atoms with van der Waals surface area (Å²) in [5, 5.41) is 13.2. The van der Waals surface area contributed by atoms with Crippen molar-refractivity contribution >= 4 is 34.3 Å². The van der Waals surface area contributed by atoms with E-state index in [1.54, 1.807) is 30.3 Å². The van der Waals surface area contributed by atoms with Gasteiger partial charge in [0.05, 0.1) is 30.0 Å². The molecule has 0 radical (unpaired) electrons. The maximum Gasteiger partial charge on any atom is 0.312 e. The van der Waals surface area contributed by atoms with Crippen LogP contribution in [-0.2, 0) is 9.53 Å². The molecule has 6 nitrogen and oxygen atoms in total. The second-order valence-corrected chi connectivity index (χ2v) is 11.5. The highest BCUT2D eigenvalue weighted by Gasteiger charge is 2.25. The zero-order valence-electron chi connectivity index (χ0n) is 24.3. The molecular formula is C36H24F3N3O3S. The number of aromatic nitrogens is 1. The number of nitroso groups, excluding NO2 is 1. The Morgan fingerprint density at radius 3 is 2.46 bits per heavy atom. The molecular weight excluding hydrogens is 611 g/mol. The van der Waals surface area contributed by atoms with Crippen LogP contribution in [0.4, 0.5) is 13.2 Å². The molecule has 10 heteroatoms. The third-order valence-electron chi connectivity index (χ3n) is 7.84. The van der Waals surface area contributed by atoms with E-state index in [0.717, 1.165) is 16.7 Å². The molecule has 0 N–H and O–H groups in total. The summed E-state index contributed by atoms with van der Waals surface area (Å²) in [5.74, 6) is -0.856. The second-order valence-electron chi connectivity index (χ2n) is 10.5. The number of fused-ring (bicyclic) bond motifs is 1. The van der Waals surface area contributed by atoms with Crippen molar-refractivity contribution in [2.24, 2.45) is 5.18 Å². The van der Waals surface area contributed by atoms with Gasteiger partial charge in [0.2, 0.25) is 0 Å². The first-order chi connectivity index (χ1) is 22.3. The van der Waals surface area contributed by atoms with E-state index in [1.807, 2.05) is 40.4 Å². The lowest BCUT2D eigenvalue weighted by molar-refractivity contribution is -0.114. The van der Waals surface area contributed by atoms with Crippen molar-refractivity contribution in [2.75, 3.05) is 7.11 Å². The van der Waals surface area contributed by atoms with Gasteiger partial charge in [-0.25, -0.2) is 13.2 Å². The summed E-state index contributed by atoms with van der Waals surface area (Å²) in [5.41, 5.74) is 5.48. The molecule has 0 saturated heterocycles. The highest BCUT2D eigenvalue weighted by atomic mass is 32.2. The van der Waals surface area contributed by atoms with Gasteiger partial charge in [-0.3, -0.25) is 8.77 Å².